The number of phenolic OH excluding ortho intramolecular Hbond substituents is 1. The van der Waals surface area contributed by atoms with Crippen LogP contribution in [0, 0.1) is 0 Å². The molecular weight excluding hydrogens is 328 g/mol. The highest BCUT2D eigenvalue weighted by molar-refractivity contribution is 5.56. The van der Waals surface area contributed by atoms with Crippen LogP contribution in [0.15, 0.2) is 66.7 Å². The molecule has 0 radical (unpaired) electrons. The van der Waals surface area contributed by atoms with Crippen molar-refractivity contribution < 1.29 is 19.3 Å². The molecule has 0 spiro atoms. The molecule has 0 bridgehead atoms. The fraction of sp³-hybridized carbons (Fsp3) is 0.182. The molecule has 0 saturated carbocycles. The van der Waals surface area contributed by atoms with Crippen LogP contribution < -0.4 is 14.2 Å². The summed E-state index contributed by atoms with van der Waals surface area (Å²) in [5.41, 5.74) is 3.06. The number of para-hydroxylation sites is 1. The number of rotatable bonds is 3. The Balaban J connectivity index is 1.43. The Morgan fingerprint density at radius 1 is 0.923 bits per heavy atom. The van der Waals surface area contributed by atoms with Gasteiger partial charge >= 0.3 is 0 Å². The maximum absolute atomic E-state index is 10.4. The van der Waals surface area contributed by atoms with Crippen molar-refractivity contribution in [2.45, 2.75) is 18.6 Å². The second kappa shape index (κ2) is 5.99. The summed E-state index contributed by atoms with van der Waals surface area (Å²) in [5.74, 6) is 2.25. The van der Waals surface area contributed by atoms with Crippen LogP contribution in [0.4, 0.5) is 0 Å². The van der Waals surface area contributed by atoms with E-state index in [4.69, 9.17) is 14.2 Å². The molecule has 1 N–H and O–H groups in total. The Labute approximate surface area is 151 Å². The summed E-state index contributed by atoms with van der Waals surface area (Å²) in [6.45, 7) is 0.935. The molecule has 4 heteroatoms. The van der Waals surface area contributed by atoms with E-state index in [1.165, 1.54) is 0 Å². The van der Waals surface area contributed by atoms with Crippen LogP contribution in [-0.2, 0) is 6.61 Å². The van der Waals surface area contributed by atoms with Gasteiger partial charge in [-0.25, -0.2) is 0 Å². The smallest absolute Gasteiger partial charge is 0.165 e. The summed E-state index contributed by atoms with van der Waals surface area (Å²) >= 11 is 0. The average molecular weight is 346 g/mol. The van der Waals surface area contributed by atoms with E-state index >= 15 is 0 Å². The van der Waals surface area contributed by atoms with Crippen molar-refractivity contribution in [1.82, 2.24) is 0 Å². The first-order valence-electron chi connectivity index (χ1n) is 8.71. The Bertz CT molecular complexity index is 952. The molecule has 3 aromatic rings. The van der Waals surface area contributed by atoms with Gasteiger partial charge < -0.3 is 19.3 Å². The fourth-order valence-electron chi connectivity index (χ4n) is 3.67. The highest BCUT2D eigenvalue weighted by atomic mass is 16.5. The number of fused-ring (bicyclic) bond motifs is 5. The quantitative estimate of drug-likeness (QED) is 0.754. The van der Waals surface area contributed by atoms with Crippen molar-refractivity contribution in [2.75, 3.05) is 6.61 Å². The molecule has 0 aromatic heterocycles. The van der Waals surface area contributed by atoms with Gasteiger partial charge in [0.15, 0.2) is 11.5 Å². The van der Waals surface area contributed by atoms with Gasteiger partial charge in [-0.3, -0.25) is 0 Å². The van der Waals surface area contributed by atoms with Crippen LogP contribution >= 0.6 is 0 Å². The Kier molecular flexibility index (Phi) is 3.49. The molecule has 0 amide bonds. The van der Waals surface area contributed by atoms with Crippen LogP contribution in [-0.4, -0.2) is 11.7 Å². The highest BCUT2D eigenvalue weighted by Gasteiger charge is 2.41. The van der Waals surface area contributed by atoms with E-state index in [9.17, 15) is 5.11 Å². The van der Waals surface area contributed by atoms with Crippen molar-refractivity contribution in [3.05, 3.63) is 83.4 Å². The van der Waals surface area contributed by atoms with Crippen molar-refractivity contribution in [3.8, 4) is 23.0 Å². The molecule has 0 aliphatic carbocycles. The minimum Gasteiger partial charge on any atom is -0.504 e. The third-order valence-electron chi connectivity index (χ3n) is 4.99. The lowest BCUT2D eigenvalue weighted by Gasteiger charge is -2.27. The highest BCUT2D eigenvalue weighted by Crippen LogP contribution is 2.53. The van der Waals surface area contributed by atoms with Crippen LogP contribution in [0.5, 0.6) is 23.0 Å². The topological polar surface area (TPSA) is 47.9 Å². The summed E-state index contributed by atoms with van der Waals surface area (Å²) in [7, 11) is 0. The second-order valence-corrected chi connectivity index (χ2v) is 6.63. The third-order valence-corrected chi connectivity index (χ3v) is 4.99. The third kappa shape index (κ3) is 2.46. The maximum atomic E-state index is 10.4. The minimum atomic E-state index is -0.0845. The van der Waals surface area contributed by atoms with Gasteiger partial charge in [0.05, 0.1) is 12.5 Å². The van der Waals surface area contributed by atoms with Crippen LogP contribution in [0.3, 0.4) is 0 Å². The molecule has 2 unspecified atom stereocenters. The van der Waals surface area contributed by atoms with Gasteiger partial charge in [0.25, 0.3) is 0 Å². The van der Waals surface area contributed by atoms with E-state index in [1.807, 2.05) is 54.6 Å². The molecule has 5 rings (SSSR count). The molecule has 2 atom stereocenters. The summed E-state index contributed by atoms with van der Waals surface area (Å²) in [4.78, 5) is 0. The van der Waals surface area contributed by atoms with Crippen molar-refractivity contribution in [3.63, 3.8) is 0 Å². The van der Waals surface area contributed by atoms with E-state index in [1.54, 1.807) is 12.1 Å². The van der Waals surface area contributed by atoms with Gasteiger partial charge in [-0.15, -0.1) is 0 Å². The predicted octanol–water partition coefficient (Wildman–Crippen LogP) is 4.58. The minimum absolute atomic E-state index is 0.0778. The standard InChI is InChI=1S/C22H18O4/c23-18-10-16-17-13-25-19-9-5-4-8-15(19)22(17)26-20(16)11-21(18)24-12-14-6-2-1-3-7-14/h1-11,17,22-23H,12-13H2. The Morgan fingerprint density at radius 2 is 1.73 bits per heavy atom. The van der Waals surface area contributed by atoms with E-state index < -0.39 is 0 Å². The van der Waals surface area contributed by atoms with Crippen molar-refractivity contribution in [2.24, 2.45) is 0 Å². The summed E-state index contributed by atoms with van der Waals surface area (Å²) in [6.07, 6.45) is -0.0845. The monoisotopic (exact) mass is 346 g/mol. The lowest BCUT2D eigenvalue weighted by Crippen LogP contribution is -2.22. The predicted molar refractivity (Wildman–Crippen MR) is 96.9 cm³/mol. The molecule has 130 valence electrons. The molecule has 3 aromatic carbocycles. The number of hydrogen-bond donors (Lipinski definition) is 1. The van der Waals surface area contributed by atoms with Crippen molar-refractivity contribution in [1.29, 1.82) is 0 Å². The average Bonchev–Trinajstić information content (AvgIpc) is 3.05. The number of hydrogen-bond acceptors (Lipinski definition) is 4. The van der Waals surface area contributed by atoms with E-state index in [0.29, 0.717) is 19.0 Å². The number of benzene rings is 3. The zero-order valence-corrected chi connectivity index (χ0v) is 14.1. The number of phenols is 1. The maximum Gasteiger partial charge on any atom is 0.165 e. The Hall–Kier alpha value is -3.14. The molecule has 4 nitrogen and oxygen atoms in total. The van der Waals surface area contributed by atoms with Crippen LogP contribution in [0.1, 0.15) is 28.7 Å². The number of aromatic hydroxyl groups is 1. The molecule has 2 heterocycles. The second-order valence-electron chi connectivity index (χ2n) is 6.63. The van der Waals surface area contributed by atoms with E-state index in [2.05, 4.69) is 0 Å². The van der Waals surface area contributed by atoms with Gasteiger partial charge in [-0.1, -0.05) is 48.5 Å². The van der Waals surface area contributed by atoms with Crippen LogP contribution in [0.25, 0.3) is 0 Å². The summed E-state index contributed by atoms with van der Waals surface area (Å²) in [5, 5.41) is 10.4. The molecule has 0 fully saturated rings. The van der Waals surface area contributed by atoms with Crippen molar-refractivity contribution >= 4 is 0 Å². The first-order valence-corrected chi connectivity index (χ1v) is 8.71. The lowest BCUT2D eigenvalue weighted by atomic mass is 9.89. The molecule has 2 aliphatic heterocycles. The first-order chi connectivity index (χ1) is 12.8. The lowest BCUT2D eigenvalue weighted by molar-refractivity contribution is 0.139. The van der Waals surface area contributed by atoms with E-state index in [0.717, 1.165) is 28.2 Å². The van der Waals surface area contributed by atoms with Gasteiger partial charge in [-0.05, 0) is 17.7 Å². The van der Waals surface area contributed by atoms with Crippen LogP contribution in [0.2, 0.25) is 0 Å². The first kappa shape index (κ1) is 15.1. The zero-order valence-electron chi connectivity index (χ0n) is 14.1. The van der Waals surface area contributed by atoms with Gasteiger partial charge in [-0.2, -0.15) is 0 Å². The van der Waals surface area contributed by atoms with E-state index in [-0.39, 0.29) is 17.8 Å². The summed E-state index contributed by atoms with van der Waals surface area (Å²) < 4.78 is 17.9. The van der Waals surface area contributed by atoms with Gasteiger partial charge in [0.2, 0.25) is 0 Å². The number of ether oxygens (including phenoxy) is 3. The fourth-order valence-corrected chi connectivity index (χ4v) is 3.67. The molecule has 2 aliphatic rings. The van der Waals surface area contributed by atoms with Gasteiger partial charge in [0.1, 0.15) is 24.2 Å². The largest absolute Gasteiger partial charge is 0.504 e. The molecular formula is C22H18O4. The van der Waals surface area contributed by atoms with Gasteiger partial charge in [0, 0.05) is 17.2 Å². The Morgan fingerprint density at radius 3 is 2.62 bits per heavy atom. The SMILES string of the molecule is Oc1cc2c(cc1OCc1ccccc1)OC1c3ccccc3OCC21. The molecule has 0 saturated heterocycles. The summed E-state index contributed by atoms with van der Waals surface area (Å²) in [6, 6.07) is 21.4. The molecule has 26 heavy (non-hydrogen) atoms. The zero-order chi connectivity index (χ0) is 17.5. The normalized spacial score (nSPS) is 19.5.